The Morgan fingerprint density at radius 3 is 1.96 bits per heavy atom. The minimum atomic E-state index is -1.85. The molecule has 0 aromatic heterocycles. The van der Waals surface area contributed by atoms with Crippen molar-refractivity contribution in [2.24, 2.45) is 0 Å². The minimum absolute atomic E-state index is 0.0915. The number of ether oxygens (including phenoxy) is 6. The van der Waals surface area contributed by atoms with Gasteiger partial charge in [-0.25, -0.2) is 4.79 Å². The van der Waals surface area contributed by atoms with E-state index in [0.717, 1.165) is 0 Å². The second kappa shape index (κ2) is 12.9. The van der Waals surface area contributed by atoms with Crippen LogP contribution in [0, 0.1) is 0 Å². The third-order valence-electron chi connectivity index (χ3n) is 3.22. The summed E-state index contributed by atoms with van der Waals surface area (Å²) < 4.78 is 34.8. The van der Waals surface area contributed by atoms with Gasteiger partial charge in [-0.3, -0.25) is 0 Å². The lowest BCUT2D eigenvalue weighted by Gasteiger charge is -2.45. The molecule has 1 atom stereocenters. The standard InChI is InChI=1S/C19H34O8/c1-8-22-18(23-9-2,26-14-12-13-16(7)17(20)21)19(24-10-3,25-11-4)27-15(5)6/h10,15H,3,7-9,11-14H2,1-2,4-6H3,(H,20,21). The summed E-state index contributed by atoms with van der Waals surface area (Å²) in [5.41, 5.74) is 0.0915. The first-order valence-electron chi connectivity index (χ1n) is 9.17. The summed E-state index contributed by atoms with van der Waals surface area (Å²) >= 11 is 0. The fraction of sp³-hybridized carbons (Fsp3) is 0.737. The lowest BCUT2D eigenvalue weighted by Crippen LogP contribution is -2.64. The molecule has 0 bridgehead atoms. The molecular weight excluding hydrogens is 356 g/mol. The third-order valence-corrected chi connectivity index (χ3v) is 3.22. The van der Waals surface area contributed by atoms with Gasteiger partial charge in [-0.15, -0.1) is 0 Å². The molecule has 1 unspecified atom stereocenters. The first kappa shape index (κ1) is 25.6. The highest BCUT2D eigenvalue weighted by atomic mass is 17.0. The molecule has 0 heterocycles. The Balaban J connectivity index is 5.69. The molecule has 8 nitrogen and oxygen atoms in total. The topological polar surface area (TPSA) is 92.7 Å². The van der Waals surface area contributed by atoms with E-state index in [1.807, 2.05) is 0 Å². The van der Waals surface area contributed by atoms with Crippen LogP contribution in [-0.2, 0) is 33.2 Å². The van der Waals surface area contributed by atoms with Crippen molar-refractivity contribution in [1.29, 1.82) is 0 Å². The van der Waals surface area contributed by atoms with Crippen molar-refractivity contribution in [3.05, 3.63) is 25.0 Å². The predicted molar refractivity (Wildman–Crippen MR) is 99.8 cm³/mol. The van der Waals surface area contributed by atoms with Crippen LogP contribution in [-0.4, -0.2) is 55.6 Å². The highest BCUT2D eigenvalue weighted by molar-refractivity contribution is 5.85. The summed E-state index contributed by atoms with van der Waals surface area (Å²) in [6, 6.07) is 0. The molecule has 27 heavy (non-hydrogen) atoms. The van der Waals surface area contributed by atoms with Crippen LogP contribution >= 0.6 is 0 Å². The molecule has 0 saturated carbocycles. The Hall–Kier alpha value is -1.45. The highest BCUT2D eigenvalue weighted by Crippen LogP contribution is 2.37. The van der Waals surface area contributed by atoms with Gasteiger partial charge in [0.05, 0.1) is 25.6 Å². The Bertz CT molecular complexity index is 457. The average molecular weight is 390 g/mol. The maximum Gasteiger partial charge on any atom is 0.414 e. The van der Waals surface area contributed by atoms with Crippen molar-refractivity contribution in [2.75, 3.05) is 26.4 Å². The SMILES string of the molecule is C=COC(OCC)(OC(C)C)C(OCC)(OCC)OCCCC(=C)C(=O)O. The van der Waals surface area contributed by atoms with Crippen molar-refractivity contribution in [3.8, 4) is 0 Å². The van der Waals surface area contributed by atoms with Gasteiger partial charge in [0.2, 0.25) is 0 Å². The number of carboxylic acids is 1. The molecule has 0 saturated heterocycles. The summed E-state index contributed by atoms with van der Waals surface area (Å²) in [6.07, 6.45) is 1.48. The Labute approximate surface area is 162 Å². The molecule has 0 spiro atoms. The Kier molecular flexibility index (Phi) is 12.2. The zero-order valence-corrected chi connectivity index (χ0v) is 17.1. The van der Waals surface area contributed by atoms with Crippen molar-refractivity contribution >= 4 is 5.97 Å². The van der Waals surface area contributed by atoms with Crippen molar-refractivity contribution in [1.82, 2.24) is 0 Å². The van der Waals surface area contributed by atoms with Crippen LogP contribution in [0.5, 0.6) is 0 Å². The smallest absolute Gasteiger partial charge is 0.414 e. The second-order valence-electron chi connectivity index (χ2n) is 5.72. The van der Waals surface area contributed by atoms with Gasteiger partial charge in [-0.1, -0.05) is 13.2 Å². The first-order valence-corrected chi connectivity index (χ1v) is 9.17. The van der Waals surface area contributed by atoms with Gasteiger partial charge < -0.3 is 33.5 Å². The van der Waals surface area contributed by atoms with Crippen LogP contribution in [0.4, 0.5) is 0 Å². The molecule has 0 amide bonds. The van der Waals surface area contributed by atoms with Gasteiger partial charge in [-0.05, 0) is 47.5 Å². The molecule has 0 aromatic carbocycles. The van der Waals surface area contributed by atoms with Gasteiger partial charge in [0.1, 0.15) is 0 Å². The molecule has 158 valence electrons. The van der Waals surface area contributed by atoms with E-state index < -0.39 is 17.9 Å². The number of rotatable bonds is 17. The van der Waals surface area contributed by atoms with Crippen molar-refractivity contribution in [3.63, 3.8) is 0 Å². The molecule has 0 radical (unpaired) electrons. The number of hydrogen-bond donors (Lipinski definition) is 1. The molecule has 0 aliphatic heterocycles. The van der Waals surface area contributed by atoms with Gasteiger partial charge in [0, 0.05) is 18.8 Å². The number of hydrogen-bond acceptors (Lipinski definition) is 7. The van der Waals surface area contributed by atoms with E-state index >= 15 is 0 Å². The summed E-state index contributed by atoms with van der Waals surface area (Å²) in [6.45, 7) is 16.8. The van der Waals surface area contributed by atoms with Crippen LogP contribution in [0.15, 0.2) is 25.0 Å². The van der Waals surface area contributed by atoms with E-state index in [9.17, 15) is 4.79 Å². The Morgan fingerprint density at radius 1 is 1.04 bits per heavy atom. The molecule has 0 aliphatic carbocycles. The van der Waals surface area contributed by atoms with E-state index in [2.05, 4.69) is 13.2 Å². The molecular formula is C19H34O8. The number of aliphatic carboxylic acids is 1. The fourth-order valence-corrected chi connectivity index (χ4v) is 2.31. The summed E-state index contributed by atoms with van der Waals surface area (Å²) in [5, 5.41) is 8.92. The largest absolute Gasteiger partial charge is 0.478 e. The maximum absolute atomic E-state index is 10.9. The fourth-order valence-electron chi connectivity index (χ4n) is 2.31. The average Bonchev–Trinajstić information content (AvgIpc) is 2.58. The Morgan fingerprint density at radius 2 is 1.56 bits per heavy atom. The zero-order chi connectivity index (χ0) is 20.9. The van der Waals surface area contributed by atoms with Crippen LogP contribution in [0.1, 0.15) is 47.5 Å². The summed E-state index contributed by atoms with van der Waals surface area (Å²) in [7, 11) is 0. The molecule has 8 heteroatoms. The normalized spacial score (nSPS) is 14.0. The van der Waals surface area contributed by atoms with Gasteiger partial charge >= 0.3 is 17.9 Å². The lowest BCUT2D eigenvalue weighted by atomic mass is 10.2. The van der Waals surface area contributed by atoms with Crippen LogP contribution in [0.25, 0.3) is 0 Å². The lowest BCUT2D eigenvalue weighted by molar-refractivity contribution is -0.556. The number of carbonyl (C=O) groups is 1. The van der Waals surface area contributed by atoms with E-state index in [-0.39, 0.29) is 44.5 Å². The summed E-state index contributed by atoms with van der Waals surface area (Å²) in [4.78, 5) is 10.9. The van der Waals surface area contributed by atoms with Crippen molar-refractivity contribution < 1.29 is 38.3 Å². The predicted octanol–water partition coefficient (Wildman–Crippen LogP) is 3.43. The monoisotopic (exact) mass is 390 g/mol. The van der Waals surface area contributed by atoms with Gasteiger partial charge in [0.15, 0.2) is 0 Å². The molecule has 1 N–H and O–H groups in total. The van der Waals surface area contributed by atoms with E-state index in [4.69, 9.17) is 33.5 Å². The highest BCUT2D eigenvalue weighted by Gasteiger charge is 2.62. The van der Waals surface area contributed by atoms with Crippen molar-refractivity contribution in [2.45, 2.75) is 65.5 Å². The zero-order valence-electron chi connectivity index (χ0n) is 17.1. The van der Waals surface area contributed by atoms with Crippen LogP contribution < -0.4 is 0 Å². The van der Waals surface area contributed by atoms with Crippen LogP contribution in [0.3, 0.4) is 0 Å². The second-order valence-corrected chi connectivity index (χ2v) is 5.72. The van der Waals surface area contributed by atoms with Gasteiger partial charge in [0.25, 0.3) is 0 Å². The number of carboxylic acid groups (broad SMARTS) is 1. The molecule has 0 fully saturated rings. The minimum Gasteiger partial charge on any atom is -0.478 e. The van der Waals surface area contributed by atoms with Crippen LogP contribution in [0.2, 0.25) is 0 Å². The third kappa shape index (κ3) is 7.59. The quantitative estimate of drug-likeness (QED) is 0.175. The van der Waals surface area contributed by atoms with E-state index in [0.29, 0.717) is 6.42 Å². The first-order chi connectivity index (χ1) is 12.7. The van der Waals surface area contributed by atoms with E-state index in [1.165, 1.54) is 6.26 Å². The maximum atomic E-state index is 10.9. The van der Waals surface area contributed by atoms with Gasteiger partial charge in [-0.2, -0.15) is 0 Å². The molecule has 0 aromatic rings. The molecule has 0 aliphatic rings. The van der Waals surface area contributed by atoms with E-state index in [1.54, 1.807) is 34.6 Å². The molecule has 0 rings (SSSR count). The summed E-state index contributed by atoms with van der Waals surface area (Å²) in [5.74, 6) is -4.74.